The lowest BCUT2D eigenvalue weighted by Gasteiger charge is -2.16. The van der Waals surface area contributed by atoms with Gasteiger partial charge in [-0.05, 0) is 24.0 Å². The van der Waals surface area contributed by atoms with E-state index >= 15 is 0 Å². The highest BCUT2D eigenvalue weighted by molar-refractivity contribution is 7.54. The van der Waals surface area contributed by atoms with Crippen LogP contribution in [-0.2, 0) is 18.4 Å². The highest BCUT2D eigenvalue weighted by atomic mass is 31.2. The molecule has 0 saturated heterocycles. The number of benzene rings is 1. The van der Waals surface area contributed by atoms with Crippen LogP contribution in [-0.4, -0.2) is 31.1 Å². The summed E-state index contributed by atoms with van der Waals surface area (Å²) in [5.41, 5.74) is 2.18. The third kappa shape index (κ3) is 3.67. The summed E-state index contributed by atoms with van der Waals surface area (Å²) < 4.78 is 21.7. The van der Waals surface area contributed by atoms with Gasteiger partial charge in [-0.1, -0.05) is 25.1 Å². The first-order chi connectivity index (χ1) is 10.5. The van der Waals surface area contributed by atoms with Crippen molar-refractivity contribution in [2.24, 2.45) is 0 Å². The van der Waals surface area contributed by atoms with Crippen molar-refractivity contribution in [1.82, 2.24) is 4.98 Å². The Morgan fingerprint density at radius 1 is 1.27 bits per heavy atom. The summed E-state index contributed by atoms with van der Waals surface area (Å²) in [6, 6.07) is 8.02. The van der Waals surface area contributed by atoms with Crippen molar-refractivity contribution in [2.75, 3.05) is 20.4 Å². The predicted molar refractivity (Wildman–Crippen MR) is 87.4 cm³/mol. The third-order valence-corrected chi connectivity index (χ3v) is 5.81. The van der Waals surface area contributed by atoms with Crippen LogP contribution in [0, 0.1) is 0 Å². The summed E-state index contributed by atoms with van der Waals surface area (Å²) in [7, 11) is -0.686. The van der Waals surface area contributed by atoms with Gasteiger partial charge in [0.2, 0.25) is 0 Å². The van der Waals surface area contributed by atoms with Gasteiger partial charge >= 0.3 is 7.60 Å². The molecule has 2 rings (SSSR count). The fourth-order valence-corrected chi connectivity index (χ4v) is 3.63. The van der Waals surface area contributed by atoms with Gasteiger partial charge in [-0.3, -0.25) is 9.36 Å². The Hall–Kier alpha value is -1.42. The zero-order valence-electron chi connectivity index (χ0n) is 13.2. The zero-order chi connectivity index (χ0) is 16.2. The first kappa shape index (κ1) is 16.9. The van der Waals surface area contributed by atoms with E-state index < -0.39 is 7.60 Å². The Labute approximate surface area is 130 Å². The second kappa shape index (κ2) is 7.23. The van der Waals surface area contributed by atoms with Crippen molar-refractivity contribution in [2.45, 2.75) is 25.7 Å². The Bertz CT molecular complexity index is 686. The molecule has 1 atom stereocenters. The quantitative estimate of drug-likeness (QED) is 0.742. The van der Waals surface area contributed by atoms with Crippen LogP contribution >= 0.6 is 7.60 Å². The molecular formula is C16H22NO4P. The average molecular weight is 323 g/mol. The van der Waals surface area contributed by atoms with Crippen LogP contribution in [0.4, 0.5) is 0 Å². The largest absolute Gasteiger partial charge is 0.361 e. The number of nitrogens with one attached hydrogen (secondary N) is 1. The van der Waals surface area contributed by atoms with Crippen molar-refractivity contribution in [3.63, 3.8) is 0 Å². The Morgan fingerprint density at radius 3 is 2.59 bits per heavy atom. The summed E-state index contributed by atoms with van der Waals surface area (Å²) in [5.74, 6) is -0.0185. The second-order valence-corrected chi connectivity index (χ2v) is 7.54. The van der Waals surface area contributed by atoms with Crippen molar-refractivity contribution >= 4 is 24.3 Å². The number of Topliss-reactive ketones (excluding diaryl/α,β-unsaturated/α-hetero) is 1. The summed E-state index contributed by atoms with van der Waals surface area (Å²) in [6.45, 7) is 2.05. The van der Waals surface area contributed by atoms with Gasteiger partial charge in [0.25, 0.3) is 0 Å². The molecule has 1 aromatic heterocycles. The van der Waals surface area contributed by atoms with E-state index in [9.17, 15) is 9.36 Å². The van der Waals surface area contributed by atoms with Crippen molar-refractivity contribution in [3.05, 3.63) is 36.0 Å². The number of fused-ring (bicyclic) bond motifs is 1. The van der Waals surface area contributed by atoms with Crippen LogP contribution in [0.2, 0.25) is 0 Å². The summed E-state index contributed by atoms with van der Waals surface area (Å²) in [4.78, 5) is 15.5. The van der Waals surface area contributed by atoms with Gasteiger partial charge in [0.15, 0.2) is 0 Å². The van der Waals surface area contributed by atoms with E-state index in [1.165, 1.54) is 14.2 Å². The lowest BCUT2D eigenvalue weighted by Crippen LogP contribution is -2.12. The lowest BCUT2D eigenvalue weighted by atomic mass is 9.91. The molecule has 1 heterocycles. The van der Waals surface area contributed by atoms with Crippen molar-refractivity contribution < 1.29 is 18.4 Å². The number of aromatic amines is 1. The SMILES string of the molecule is CCC(CC(=O)CP(=O)(OC)OC)c1c[nH]c2ccccc12. The molecule has 120 valence electrons. The van der Waals surface area contributed by atoms with Gasteiger partial charge in [-0.15, -0.1) is 0 Å². The molecule has 0 bridgehead atoms. The first-order valence-electron chi connectivity index (χ1n) is 7.31. The summed E-state index contributed by atoms with van der Waals surface area (Å²) >= 11 is 0. The zero-order valence-corrected chi connectivity index (χ0v) is 14.1. The molecule has 0 fully saturated rings. The van der Waals surface area contributed by atoms with Crippen molar-refractivity contribution in [1.29, 1.82) is 0 Å². The topological polar surface area (TPSA) is 68.4 Å². The minimum atomic E-state index is -3.29. The number of carbonyl (C=O) groups excluding carboxylic acids is 1. The molecule has 5 nitrogen and oxygen atoms in total. The van der Waals surface area contributed by atoms with Gasteiger partial charge in [-0.25, -0.2) is 0 Å². The fraction of sp³-hybridized carbons (Fsp3) is 0.438. The van der Waals surface area contributed by atoms with Crippen LogP contribution in [0.25, 0.3) is 10.9 Å². The number of hydrogen-bond acceptors (Lipinski definition) is 4. The second-order valence-electron chi connectivity index (χ2n) is 5.27. The number of aromatic nitrogens is 1. The van der Waals surface area contributed by atoms with Gasteiger partial charge in [0.05, 0.1) is 0 Å². The molecule has 6 heteroatoms. The molecule has 0 spiro atoms. The fourth-order valence-electron chi connectivity index (χ4n) is 2.66. The van der Waals surface area contributed by atoms with E-state index in [-0.39, 0.29) is 17.9 Å². The van der Waals surface area contributed by atoms with E-state index in [1.807, 2.05) is 37.4 Å². The van der Waals surface area contributed by atoms with Crippen LogP contribution in [0.5, 0.6) is 0 Å². The van der Waals surface area contributed by atoms with E-state index in [4.69, 9.17) is 9.05 Å². The number of carbonyl (C=O) groups is 1. The number of H-pyrrole nitrogens is 1. The Kier molecular flexibility index (Phi) is 5.57. The third-order valence-electron chi connectivity index (χ3n) is 3.95. The summed E-state index contributed by atoms with van der Waals surface area (Å²) in [5, 5.41) is 1.13. The van der Waals surface area contributed by atoms with Crippen LogP contribution in [0.1, 0.15) is 31.2 Å². The Morgan fingerprint density at radius 2 is 1.95 bits per heavy atom. The molecule has 0 aliphatic carbocycles. The molecule has 0 aliphatic heterocycles. The minimum absolute atomic E-state index is 0.0887. The minimum Gasteiger partial charge on any atom is -0.361 e. The molecule has 1 N–H and O–H groups in total. The molecule has 0 saturated carbocycles. The number of hydrogen-bond donors (Lipinski definition) is 1. The maximum Gasteiger partial charge on any atom is 0.337 e. The highest BCUT2D eigenvalue weighted by Gasteiger charge is 2.27. The van der Waals surface area contributed by atoms with Crippen molar-refractivity contribution in [3.8, 4) is 0 Å². The van der Waals surface area contributed by atoms with Crippen LogP contribution < -0.4 is 0 Å². The number of rotatable bonds is 8. The first-order valence-corrected chi connectivity index (χ1v) is 9.04. The van der Waals surface area contributed by atoms with Gasteiger partial charge in [-0.2, -0.15) is 0 Å². The van der Waals surface area contributed by atoms with Gasteiger partial charge < -0.3 is 14.0 Å². The molecule has 0 radical (unpaired) electrons. The molecule has 22 heavy (non-hydrogen) atoms. The molecule has 1 unspecified atom stereocenters. The maximum absolute atomic E-state index is 12.2. The average Bonchev–Trinajstić information content (AvgIpc) is 2.96. The standard InChI is InChI=1S/C16H22NO4P/c1-4-12(9-13(18)11-22(19,20-2)21-3)15-10-17-16-8-6-5-7-14(15)16/h5-8,10,12,17H,4,9,11H2,1-3H3. The number of para-hydroxylation sites is 1. The maximum atomic E-state index is 12.2. The van der Waals surface area contributed by atoms with Gasteiger partial charge in [0.1, 0.15) is 11.9 Å². The number of ketones is 1. The Balaban J connectivity index is 2.16. The monoisotopic (exact) mass is 323 g/mol. The van der Waals surface area contributed by atoms with Crippen LogP contribution in [0.15, 0.2) is 30.5 Å². The van der Waals surface area contributed by atoms with E-state index in [0.717, 1.165) is 22.9 Å². The lowest BCUT2D eigenvalue weighted by molar-refractivity contribution is -0.117. The van der Waals surface area contributed by atoms with E-state index in [0.29, 0.717) is 6.42 Å². The molecule has 0 aliphatic rings. The van der Waals surface area contributed by atoms with E-state index in [1.54, 1.807) is 0 Å². The predicted octanol–water partition coefficient (Wildman–Crippen LogP) is 4.11. The van der Waals surface area contributed by atoms with Gasteiger partial charge in [0, 0.05) is 37.7 Å². The highest BCUT2D eigenvalue weighted by Crippen LogP contribution is 2.46. The molecule has 2 aromatic rings. The summed E-state index contributed by atoms with van der Waals surface area (Å²) in [6.07, 6.45) is 2.93. The molecule has 0 amide bonds. The molecule has 1 aromatic carbocycles. The van der Waals surface area contributed by atoms with Crippen LogP contribution in [0.3, 0.4) is 0 Å². The normalized spacial score (nSPS) is 13.4. The smallest absolute Gasteiger partial charge is 0.337 e. The van der Waals surface area contributed by atoms with E-state index in [2.05, 4.69) is 4.98 Å². The molecular weight excluding hydrogens is 301 g/mol.